The molecule has 0 saturated heterocycles. The van der Waals surface area contributed by atoms with Gasteiger partial charge < -0.3 is 15.7 Å². The Balaban J connectivity index is 1.81. The maximum absolute atomic E-state index is 13.4. The highest BCUT2D eigenvalue weighted by molar-refractivity contribution is 6.06. The summed E-state index contributed by atoms with van der Waals surface area (Å²) in [6.07, 6.45) is 2.86. The van der Waals surface area contributed by atoms with Gasteiger partial charge in [0.05, 0.1) is 0 Å². The number of nitrogens with zero attached hydrogens (tertiary/aromatic N) is 1. The molecule has 7 nitrogen and oxygen atoms in total. The number of hydrogen-bond acceptors (Lipinski definition) is 4. The molecular formula is C28H26N2O5. The molecule has 7 heteroatoms. The van der Waals surface area contributed by atoms with Crippen LogP contribution in [0, 0.1) is 0 Å². The SMILES string of the molecule is NC(=O)CCC(C(=O)O)N(Cc1ccccc1)C(=O)c1ccc(/C=C/C(=O)c2ccccc2)cc1. The summed E-state index contributed by atoms with van der Waals surface area (Å²) < 4.78 is 0. The van der Waals surface area contributed by atoms with Crippen LogP contribution in [0.3, 0.4) is 0 Å². The predicted molar refractivity (Wildman–Crippen MR) is 132 cm³/mol. The van der Waals surface area contributed by atoms with Crippen LogP contribution in [0.15, 0.2) is 91.0 Å². The zero-order valence-electron chi connectivity index (χ0n) is 19.0. The van der Waals surface area contributed by atoms with E-state index in [1.165, 1.54) is 11.0 Å². The Kier molecular flexibility index (Phi) is 8.67. The Morgan fingerprint density at radius 2 is 1.43 bits per heavy atom. The van der Waals surface area contributed by atoms with Crippen molar-refractivity contribution >= 4 is 29.6 Å². The van der Waals surface area contributed by atoms with Crippen LogP contribution in [0.1, 0.15) is 44.7 Å². The smallest absolute Gasteiger partial charge is 0.326 e. The molecule has 3 aromatic rings. The van der Waals surface area contributed by atoms with Gasteiger partial charge in [0.15, 0.2) is 5.78 Å². The normalized spacial score (nSPS) is 11.7. The summed E-state index contributed by atoms with van der Waals surface area (Å²) in [6.45, 7) is 0.0582. The van der Waals surface area contributed by atoms with E-state index in [1.807, 2.05) is 12.1 Å². The molecule has 35 heavy (non-hydrogen) atoms. The van der Waals surface area contributed by atoms with Crippen LogP contribution < -0.4 is 5.73 Å². The molecule has 0 aromatic heterocycles. The summed E-state index contributed by atoms with van der Waals surface area (Å²) in [6, 6.07) is 23.2. The number of benzene rings is 3. The molecule has 0 heterocycles. The number of carboxylic acids is 1. The van der Waals surface area contributed by atoms with Gasteiger partial charge in [-0.1, -0.05) is 78.9 Å². The highest BCUT2D eigenvalue weighted by Gasteiger charge is 2.30. The van der Waals surface area contributed by atoms with E-state index >= 15 is 0 Å². The molecule has 3 aromatic carbocycles. The molecule has 3 rings (SSSR count). The number of aliphatic carboxylic acids is 1. The molecule has 0 spiro atoms. The number of allylic oxidation sites excluding steroid dienone is 1. The third-order valence-electron chi connectivity index (χ3n) is 5.43. The molecule has 3 N–H and O–H groups in total. The van der Waals surface area contributed by atoms with Crippen LogP contribution in [-0.2, 0) is 16.1 Å². The van der Waals surface area contributed by atoms with Gasteiger partial charge in [-0.2, -0.15) is 0 Å². The quantitative estimate of drug-likeness (QED) is 0.325. The van der Waals surface area contributed by atoms with Gasteiger partial charge in [0.25, 0.3) is 5.91 Å². The lowest BCUT2D eigenvalue weighted by Crippen LogP contribution is -2.45. The molecule has 0 aliphatic carbocycles. The summed E-state index contributed by atoms with van der Waals surface area (Å²) >= 11 is 0. The maximum atomic E-state index is 13.4. The third-order valence-corrected chi connectivity index (χ3v) is 5.43. The summed E-state index contributed by atoms with van der Waals surface area (Å²) in [7, 11) is 0. The molecule has 178 valence electrons. The van der Waals surface area contributed by atoms with Crippen LogP contribution in [0.2, 0.25) is 0 Å². The first-order valence-corrected chi connectivity index (χ1v) is 11.1. The van der Waals surface area contributed by atoms with E-state index in [4.69, 9.17) is 5.73 Å². The number of ketones is 1. The van der Waals surface area contributed by atoms with E-state index in [0.29, 0.717) is 11.1 Å². The number of primary amides is 1. The molecule has 1 unspecified atom stereocenters. The van der Waals surface area contributed by atoms with Crippen molar-refractivity contribution in [2.75, 3.05) is 0 Å². The molecule has 2 amide bonds. The molecule has 1 atom stereocenters. The van der Waals surface area contributed by atoms with Crippen molar-refractivity contribution in [1.29, 1.82) is 0 Å². The highest BCUT2D eigenvalue weighted by Crippen LogP contribution is 2.18. The number of carbonyl (C=O) groups excluding carboxylic acids is 3. The van der Waals surface area contributed by atoms with Crippen molar-refractivity contribution in [3.8, 4) is 0 Å². The number of amides is 2. The molecule has 0 fully saturated rings. The van der Waals surface area contributed by atoms with Gasteiger partial charge in [-0.05, 0) is 35.8 Å². The number of hydrogen-bond donors (Lipinski definition) is 2. The standard InChI is InChI=1S/C28H26N2O5/c29-26(32)18-16-24(28(34)35)30(19-21-7-3-1-4-8-21)27(33)23-14-11-20(12-15-23)13-17-25(31)22-9-5-2-6-10-22/h1-15,17,24H,16,18-19H2,(H2,29,32)(H,34,35)/b17-13+. The Hall–Kier alpha value is -4.52. The number of carboxylic acid groups (broad SMARTS) is 1. The van der Waals surface area contributed by atoms with Crippen LogP contribution in [0.5, 0.6) is 0 Å². The van der Waals surface area contributed by atoms with Crippen LogP contribution in [0.4, 0.5) is 0 Å². The van der Waals surface area contributed by atoms with E-state index in [9.17, 15) is 24.3 Å². The van der Waals surface area contributed by atoms with Gasteiger partial charge >= 0.3 is 5.97 Å². The molecule has 0 aliphatic rings. The van der Waals surface area contributed by atoms with Crippen molar-refractivity contribution in [1.82, 2.24) is 4.90 Å². The lowest BCUT2D eigenvalue weighted by Gasteiger charge is -2.29. The van der Waals surface area contributed by atoms with Crippen LogP contribution in [-0.4, -0.2) is 39.6 Å². The van der Waals surface area contributed by atoms with Gasteiger partial charge in [-0.25, -0.2) is 4.79 Å². The van der Waals surface area contributed by atoms with Crippen LogP contribution >= 0.6 is 0 Å². The monoisotopic (exact) mass is 470 g/mol. The van der Waals surface area contributed by atoms with Crippen molar-refractivity contribution in [3.05, 3.63) is 113 Å². The first kappa shape index (κ1) is 25.1. The number of carbonyl (C=O) groups is 4. The second-order valence-electron chi connectivity index (χ2n) is 7.96. The Morgan fingerprint density at radius 1 is 0.829 bits per heavy atom. The maximum Gasteiger partial charge on any atom is 0.326 e. The minimum atomic E-state index is -1.22. The average Bonchev–Trinajstić information content (AvgIpc) is 2.87. The average molecular weight is 471 g/mol. The van der Waals surface area contributed by atoms with Gasteiger partial charge in [0.2, 0.25) is 5.91 Å². The first-order valence-electron chi connectivity index (χ1n) is 11.1. The fourth-order valence-electron chi connectivity index (χ4n) is 3.57. The zero-order valence-corrected chi connectivity index (χ0v) is 19.0. The topological polar surface area (TPSA) is 118 Å². The third kappa shape index (κ3) is 7.23. The Bertz CT molecular complexity index is 1210. The second kappa shape index (κ2) is 12.1. The highest BCUT2D eigenvalue weighted by atomic mass is 16.4. The first-order chi connectivity index (χ1) is 16.8. The summed E-state index contributed by atoms with van der Waals surface area (Å²) in [5, 5.41) is 9.80. The van der Waals surface area contributed by atoms with E-state index < -0.39 is 23.8 Å². The van der Waals surface area contributed by atoms with E-state index in [0.717, 1.165) is 5.56 Å². The Morgan fingerprint density at radius 3 is 2.00 bits per heavy atom. The zero-order chi connectivity index (χ0) is 25.2. The fourth-order valence-corrected chi connectivity index (χ4v) is 3.57. The lowest BCUT2D eigenvalue weighted by atomic mass is 10.0. The largest absolute Gasteiger partial charge is 0.480 e. The summed E-state index contributed by atoms with van der Waals surface area (Å²) in [5.41, 5.74) is 7.55. The van der Waals surface area contributed by atoms with Crippen molar-refractivity contribution in [2.45, 2.75) is 25.4 Å². The summed E-state index contributed by atoms with van der Waals surface area (Å²) in [5.74, 6) is -2.47. The van der Waals surface area contributed by atoms with Gasteiger partial charge in [0, 0.05) is 24.1 Å². The van der Waals surface area contributed by atoms with Crippen molar-refractivity contribution in [3.63, 3.8) is 0 Å². The molecule has 0 bridgehead atoms. The Labute approximate surface area is 203 Å². The van der Waals surface area contributed by atoms with Gasteiger partial charge in [0.1, 0.15) is 6.04 Å². The predicted octanol–water partition coefficient (Wildman–Crippen LogP) is 3.94. The molecular weight excluding hydrogens is 444 g/mol. The minimum Gasteiger partial charge on any atom is -0.480 e. The van der Waals surface area contributed by atoms with Crippen molar-refractivity contribution < 1.29 is 24.3 Å². The van der Waals surface area contributed by atoms with Crippen molar-refractivity contribution in [2.24, 2.45) is 5.73 Å². The lowest BCUT2D eigenvalue weighted by molar-refractivity contribution is -0.143. The van der Waals surface area contributed by atoms with E-state index in [1.54, 1.807) is 78.9 Å². The molecule has 0 radical (unpaired) electrons. The van der Waals surface area contributed by atoms with E-state index in [-0.39, 0.29) is 30.7 Å². The fraction of sp³-hybridized carbons (Fsp3) is 0.143. The summed E-state index contributed by atoms with van der Waals surface area (Å²) in [4.78, 5) is 50.2. The number of rotatable bonds is 11. The van der Waals surface area contributed by atoms with E-state index in [2.05, 4.69) is 0 Å². The number of nitrogens with two attached hydrogens (primary N) is 1. The van der Waals surface area contributed by atoms with Crippen LogP contribution in [0.25, 0.3) is 6.08 Å². The molecule has 0 aliphatic heterocycles. The minimum absolute atomic E-state index is 0.0582. The molecule has 0 saturated carbocycles. The second-order valence-corrected chi connectivity index (χ2v) is 7.96. The van der Waals surface area contributed by atoms with Gasteiger partial charge in [-0.15, -0.1) is 0 Å². The van der Waals surface area contributed by atoms with Gasteiger partial charge in [-0.3, -0.25) is 14.4 Å².